The first-order valence-electron chi connectivity index (χ1n) is 6.97. The summed E-state index contributed by atoms with van der Waals surface area (Å²) >= 11 is 3.41. The molecule has 0 saturated carbocycles. The lowest BCUT2D eigenvalue weighted by atomic mass is 9.84. The summed E-state index contributed by atoms with van der Waals surface area (Å²) in [6, 6.07) is 8.33. The SMILES string of the molecule is O=C(Cc1ccc(Br)cc1)NC1CN2CCC1CC2. The predicted octanol–water partition coefficient (Wildman–Crippen LogP) is 2.20. The third kappa shape index (κ3) is 3.18. The average molecular weight is 323 g/mol. The second kappa shape index (κ2) is 5.63. The lowest BCUT2D eigenvalue weighted by Gasteiger charge is -2.44. The fraction of sp³-hybridized carbons (Fsp3) is 0.533. The van der Waals surface area contributed by atoms with Gasteiger partial charge in [0.25, 0.3) is 0 Å². The van der Waals surface area contributed by atoms with Crippen LogP contribution in [0.4, 0.5) is 0 Å². The van der Waals surface area contributed by atoms with Crippen LogP contribution in [0.3, 0.4) is 0 Å². The average Bonchev–Trinajstić information content (AvgIpc) is 2.43. The van der Waals surface area contributed by atoms with E-state index in [0.29, 0.717) is 18.4 Å². The molecule has 4 rings (SSSR count). The number of halogens is 1. The van der Waals surface area contributed by atoms with Crippen LogP contribution in [0.1, 0.15) is 18.4 Å². The maximum atomic E-state index is 12.1. The summed E-state index contributed by atoms with van der Waals surface area (Å²) in [5.41, 5.74) is 1.07. The quantitative estimate of drug-likeness (QED) is 0.925. The molecule has 3 aliphatic heterocycles. The molecule has 1 unspecified atom stereocenters. The van der Waals surface area contributed by atoms with E-state index >= 15 is 0 Å². The molecule has 1 aromatic rings. The van der Waals surface area contributed by atoms with Gasteiger partial charge in [0, 0.05) is 17.1 Å². The van der Waals surface area contributed by atoms with E-state index in [1.54, 1.807) is 0 Å². The zero-order valence-corrected chi connectivity index (χ0v) is 12.5. The number of carbonyl (C=O) groups is 1. The summed E-state index contributed by atoms with van der Waals surface area (Å²) in [6.07, 6.45) is 2.96. The minimum absolute atomic E-state index is 0.154. The summed E-state index contributed by atoms with van der Waals surface area (Å²) in [7, 11) is 0. The maximum absolute atomic E-state index is 12.1. The van der Waals surface area contributed by atoms with Crippen LogP contribution in [0.2, 0.25) is 0 Å². The van der Waals surface area contributed by atoms with E-state index < -0.39 is 0 Å². The molecular weight excluding hydrogens is 304 g/mol. The number of piperidine rings is 3. The van der Waals surface area contributed by atoms with Crippen LogP contribution in [0.5, 0.6) is 0 Å². The number of nitrogens with one attached hydrogen (secondary N) is 1. The highest BCUT2D eigenvalue weighted by Gasteiger charge is 2.34. The molecule has 3 saturated heterocycles. The minimum atomic E-state index is 0.154. The molecule has 3 nitrogen and oxygen atoms in total. The zero-order valence-electron chi connectivity index (χ0n) is 10.9. The Hall–Kier alpha value is -0.870. The number of nitrogens with zero attached hydrogens (tertiary/aromatic N) is 1. The fourth-order valence-corrected chi connectivity index (χ4v) is 3.44. The highest BCUT2D eigenvalue weighted by molar-refractivity contribution is 9.10. The molecule has 0 aliphatic carbocycles. The van der Waals surface area contributed by atoms with Crippen molar-refractivity contribution < 1.29 is 4.79 Å². The molecule has 3 aliphatic rings. The molecule has 2 bridgehead atoms. The van der Waals surface area contributed by atoms with Crippen LogP contribution in [0.25, 0.3) is 0 Å². The molecule has 3 heterocycles. The Morgan fingerprint density at radius 1 is 1.26 bits per heavy atom. The second-order valence-corrected chi connectivity index (χ2v) is 6.53. The van der Waals surface area contributed by atoms with Gasteiger partial charge in [0.1, 0.15) is 0 Å². The van der Waals surface area contributed by atoms with Gasteiger partial charge in [-0.15, -0.1) is 0 Å². The van der Waals surface area contributed by atoms with Gasteiger partial charge >= 0.3 is 0 Å². The molecule has 4 heteroatoms. The summed E-state index contributed by atoms with van der Waals surface area (Å²) < 4.78 is 1.05. The van der Waals surface area contributed by atoms with Crippen molar-refractivity contribution in [3.8, 4) is 0 Å². The normalized spacial score (nSPS) is 29.2. The van der Waals surface area contributed by atoms with E-state index in [1.807, 2.05) is 24.3 Å². The Morgan fingerprint density at radius 3 is 2.53 bits per heavy atom. The Bertz CT molecular complexity index is 452. The van der Waals surface area contributed by atoms with Gasteiger partial charge in [-0.1, -0.05) is 28.1 Å². The Balaban J connectivity index is 1.55. The molecule has 1 amide bonds. The number of hydrogen-bond donors (Lipinski definition) is 1. The number of hydrogen-bond acceptors (Lipinski definition) is 2. The van der Waals surface area contributed by atoms with E-state index in [-0.39, 0.29) is 5.91 Å². The fourth-order valence-electron chi connectivity index (χ4n) is 3.17. The van der Waals surface area contributed by atoms with Crippen molar-refractivity contribution in [3.05, 3.63) is 34.3 Å². The molecule has 1 aromatic carbocycles. The summed E-state index contributed by atoms with van der Waals surface area (Å²) in [5, 5.41) is 3.22. The van der Waals surface area contributed by atoms with Crippen molar-refractivity contribution in [2.75, 3.05) is 19.6 Å². The van der Waals surface area contributed by atoms with Gasteiger partial charge in [-0.05, 0) is 49.5 Å². The minimum Gasteiger partial charge on any atom is -0.352 e. The molecule has 0 aromatic heterocycles. The third-order valence-electron chi connectivity index (χ3n) is 4.28. The van der Waals surface area contributed by atoms with Crippen molar-refractivity contribution in [1.29, 1.82) is 0 Å². The number of benzene rings is 1. The Labute approximate surface area is 122 Å². The predicted molar refractivity (Wildman–Crippen MR) is 78.9 cm³/mol. The number of fused-ring (bicyclic) bond motifs is 3. The highest BCUT2D eigenvalue weighted by atomic mass is 79.9. The van der Waals surface area contributed by atoms with Crippen molar-refractivity contribution in [1.82, 2.24) is 10.2 Å². The summed E-state index contributed by atoms with van der Waals surface area (Å²) in [5.74, 6) is 0.847. The van der Waals surface area contributed by atoms with Crippen LogP contribution in [0.15, 0.2) is 28.7 Å². The van der Waals surface area contributed by atoms with E-state index in [4.69, 9.17) is 0 Å². The smallest absolute Gasteiger partial charge is 0.224 e. The van der Waals surface area contributed by atoms with Gasteiger partial charge in [-0.2, -0.15) is 0 Å². The molecule has 3 fully saturated rings. The Morgan fingerprint density at radius 2 is 1.95 bits per heavy atom. The first-order chi connectivity index (χ1) is 9.20. The van der Waals surface area contributed by atoms with Crippen molar-refractivity contribution in [2.24, 2.45) is 5.92 Å². The third-order valence-corrected chi connectivity index (χ3v) is 4.81. The Kier molecular flexibility index (Phi) is 3.89. The van der Waals surface area contributed by atoms with E-state index in [9.17, 15) is 4.79 Å². The number of amides is 1. The largest absolute Gasteiger partial charge is 0.352 e. The standard InChI is InChI=1S/C15H19BrN2O/c16-13-3-1-11(2-4-13)9-15(19)17-14-10-18-7-5-12(14)6-8-18/h1-4,12,14H,5-10H2,(H,17,19). The lowest BCUT2D eigenvalue weighted by molar-refractivity contribution is -0.122. The van der Waals surface area contributed by atoms with Gasteiger partial charge < -0.3 is 10.2 Å². The van der Waals surface area contributed by atoms with Gasteiger partial charge in [-0.3, -0.25) is 4.79 Å². The van der Waals surface area contributed by atoms with Crippen LogP contribution in [-0.2, 0) is 11.2 Å². The lowest BCUT2D eigenvalue weighted by Crippen LogP contribution is -2.57. The van der Waals surface area contributed by atoms with E-state index in [0.717, 1.165) is 16.6 Å². The van der Waals surface area contributed by atoms with Crippen LogP contribution < -0.4 is 5.32 Å². The summed E-state index contributed by atoms with van der Waals surface area (Å²) in [4.78, 5) is 14.6. The highest BCUT2D eigenvalue weighted by Crippen LogP contribution is 2.27. The van der Waals surface area contributed by atoms with Crippen LogP contribution >= 0.6 is 15.9 Å². The molecule has 1 atom stereocenters. The molecule has 102 valence electrons. The van der Waals surface area contributed by atoms with Crippen molar-refractivity contribution in [3.63, 3.8) is 0 Å². The van der Waals surface area contributed by atoms with Gasteiger partial charge in [0.15, 0.2) is 0 Å². The maximum Gasteiger partial charge on any atom is 0.224 e. The molecule has 0 spiro atoms. The van der Waals surface area contributed by atoms with Gasteiger partial charge in [-0.25, -0.2) is 0 Å². The van der Waals surface area contributed by atoms with Crippen molar-refractivity contribution >= 4 is 21.8 Å². The van der Waals surface area contributed by atoms with Crippen LogP contribution in [-0.4, -0.2) is 36.5 Å². The zero-order chi connectivity index (χ0) is 13.2. The molecule has 1 N–H and O–H groups in total. The van der Waals surface area contributed by atoms with Gasteiger partial charge in [0.05, 0.1) is 6.42 Å². The number of rotatable bonds is 3. The van der Waals surface area contributed by atoms with Crippen LogP contribution in [0, 0.1) is 5.92 Å². The monoisotopic (exact) mass is 322 g/mol. The number of carbonyl (C=O) groups excluding carboxylic acids is 1. The van der Waals surface area contributed by atoms with E-state index in [2.05, 4.69) is 26.1 Å². The summed E-state index contributed by atoms with van der Waals surface area (Å²) in [6.45, 7) is 3.46. The van der Waals surface area contributed by atoms with Crippen molar-refractivity contribution in [2.45, 2.75) is 25.3 Å². The van der Waals surface area contributed by atoms with E-state index in [1.165, 1.54) is 25.9 Å². The first kappa shape index (κ1) is 13.1. The van der Waals surface area contributed by atoms with Gasteiger partial charge in [0.2, 0.25) is 5.91 Å². The first-order valence-corrected chi connectivity index (χ1v) is 7.76. The molecule has 19 heavy (non-hydrogen) atoms. The molecular formula is C15H19BrN2O. The molecule has 0 radical (unpaired) electrons. The second-order valence-electron chi connectivity index (χ2n) is 5.62. The topological polar surface area (TPSA) is 32.3 Å².